The minimum atomic E-state index is 0. The molecule has 9 rings (SSSR count). The van der Waals surface area contributed by atoms with Gasteiger partial charge in [0.1, 0.15) is 17.5 Å². The van der Waals surface area contributed by atoms with Crippen LogP contribution in [0.3, 0.4) is 0 Å². The molecule has 0 spiro atoms. The molecule has 0 amide bonds. The summed E-state index contributed by atoms with van der Waals surface area (Å²) in [5.74, 6) is 4.59. The smallest absolute Gasteiger partial charge is 0.372 e. The second-order valence-corrected chi connectivity index (χ2v) is 16.0. The molecule has 0 atom stereocenters. The van der Waals surface area contributed by atoms with E-state index in [1.807, 2.05) is 42.5 Å². The molecule has 0 aliphatic carbocycles. The van der Waals surface area contributed by atoms with E-state index >= 15 is 0 Å². The second kappa shape index (κ2) is 18.3. The number of rotatable bonds is 15. The summed E-state index contributed by atoms with van der Waals surface area (Å²) in [6.45, 7) is 2.29. The molecule has 0 fully saturated rings. The first-order valence-electron chi connectivity index (χ1n) is 21.1. The van der Waals surface area contributed by atoms with Gasteiger partial charge in [-0.15, -0.1) is 12.1 Å². The van der Waals surface area contributed by atoms with Gasteiger partial charge in [-0.1, -0.05) is 186 Å². The van der Waals surface area contributed by atoms with Crippen LogP contribution in [0.5, 0.6) is 0 Å². The van der Waals surface area contributed by atoms with Crippen LogP contribution in [0, 0.1) is 6.17 Å². The monoisotopic (exact) mass is 836 g/mol. The van der Waals surface area contributed by atoms with Crippen molar-refractivity contribution < 1.29 is 17.1 Å². The summed E-state index contributed by atoms with van der Waals surface area (Å²) in [5, 5.41) is 9.68. The fourth-order valence-electron chi connectivity index (χ4n) is 8.50. The predicted molar refractivity (Wildman–Crippen MR) is 238 cm³/mol. The number of aromatic nitrogens is 1. The molecule has 8 bridgehead atoms. The molecule has 10 heteroatoms. The van der Waals surface area contributed by atoms with Crippen LogP contribution in [-0.4, -0.2) is 34.2 Å². The van der Waals surface area contributed by atoms with E-state index in [4.69, 9.17) is 36.6 Å². The molecule has 4 aliphatic heterocycles. The largest absolute Gasteiger partial charge is 1.00 e. The standard InChI is InChI=1S/C48H50ClN8.Cu/c1-2-3-4-5-6-7-8-9-10-11-12-13-14-15-22-31-29-30-38-39(40(31)49)48-56-46-37-28-21-20-27-36(37)44(54-46)52-42-33-24-17-16-23-32(33)41(50-42)51-43-34-25-18-19-26-35(34)45(53-43)55-47(38)57-48;/h16-21,23-30,57H,2-15,22H2,1H3,(H,51,53,55)(H,50,52,54,56);/q-1;+1. The molecule has 3 N–H and O–H groups in total. The van der Waals surface area contributed by atoms with Gasteiger partial charge in [0, 0.05) is 33.6 Å². The Bertz CT molecular complexity index is 2460. The number of hydrogen-bond acceptors (Lipinski definition) is 7. The minimum Gasteiger partial charge on any atom is -0.372 e. The van der Waals surface area contributed by atoms with Crippen molar-refractivity contribution in [2.75, 3.05) is 5.32 Å². The number of nitrogens with zero attached hydrogens (tertiary/aromatic N) is 5. The normalized spacial score (nSPS) is 14.7. The number of hydrogen-bond donors (Lipinski definition) is 3. The molecule has 0 unspecified atom stereocenters. The van der Waals surface area contributed by atoms with Crippen LogP contribution in [-0.2, 0) is 23.5 Å². The van der Waals surface area contributed by atoms with Gasteiger partial charge in [-0.25, -0.2) is 15.0 Å². The molecule has 4 aromatic carbocycles. The molecule has 0 radical (unpaired) electrons. The fourth-order valence-corrected chi connectivity index (χ4v) is 8.85. The Balaban J connectivity index is 0.00000469. The Morgan fingerprint density at radius 3 is 1.78 bits per heavy atom. The Morgan fingerprint density at radius 2 is 1.10 bits per heavy atom. The predicted octanol–water partition coefficient (Wildman–Crippen LogP) is 12.2. The number of benzene rings is 4. The molecule has 5 aromatic rings. The topological polar surface area (TPSA) is 102 Å². The third kappa shape index (κ3) is 8.18. The summed E-state index contributed by atoms with van der Waals surface area (Å²) in [6.07, 6.45) is 20.4. The minimum absolute atomic E-state index is 0. The number of nitrogens with one attached hydrogen (secondary N) is 3. The van der Waals surface area contributed by atoms with Gasteiger partial charge in [0.2, 0.25) is 0 Å². The maximum Gasteiger partial charge on any atom is 1.00 e. The van der Waals surface area contributed by atoms with Gasteiger partial charge in [-0.05, 0) is 24.0 Å². The van der Waals surface area contributed by atoms with Crippen molar-refractivity contribution in [2.45, 2.75) is 103 Å². The number of unbranched alkanes of at least 4 members (excludes halogenated alkanes) is 13. The number of amidine groups is 5. The Morgan fingerprint density at radius 1 is 0.552 bits per heavy atom. The van der Waals surface area contributed by atoms with Crippen LogP contribution in [0.4, 0.5) is 11.6 Å². The second-order valence-electron chi connectivity index (χ2n) is 15.6. The molecule has 5 heterocycles. The molecular weight excluding hydrogens is 788 g/mol. The van der Waals surface area contributed by atoms with Crippen molar-refractivity contribution in [1.29, 1.82) is 0 Å². The molecule has 300 valence electrons. The van der Waals surface area contributed by atoms with Gasteiger partial charge in [-0.2, -0.15) is 0 Å². The van der Waals surface area contributed by atoms with Crippen LogP contribution < -0.4 is 10.6 Å². The maximum atomic E-state index is 7.39. The van der Waals surface area contributed by atoms with E-state index in [0.717, 1.165) is 73.4 Å². The number of aromatic amines is 1. The first-order valence-corrected chi connectivity index (χ1v) is 21.5. The zero-order valence-corrected chi connectivity index (χ0v) is 34.8. The summed E-state index contributed by atoms with van der Waals surface area (Å²) in [4.78, 5) is 29.2. The van der Waals surface area contributed by atoms with E-state index in [1.54, 1.807) is 0 Å². The zero-order chi connectivity index (χ0) is 38.6. The van der Waals surface area contributed by atoms with E-state index in [1.165, 1.54) is 83.5 Å². The third-order valence-electron chi connectivity index (χ3n) is 11.6. The van der Waals surface area contributed by atoms with E-state index in [-0.39, 0.29) is 17.1 Å². The van der Waals surface area contributed by atoms with Crippen LogP contribution >= 0.6 is 11.6 Å². The van der Waals surface area contributed by atoms with Crippen molar-refractivity contribution in [3.05, 3.63) is 135 Å². The molecule has 8 nitrogen and oxygen atoms in total. The first-order chi connectivity index (χ1) is 28.2. The van der Waals surface area contributed by atoms with Crippen LogP contribution in [0.15, 0.2) is 110 Å². The Labute approximate surface area is 357 Å². The van der Waals surface area contributed by atoms with Gasteiger partial charge in [0.25, 0.3) is 0 Å². The Hall–Kier alpha value is -4.95. The number of fused-ring (bicyclic) bond motifs is 18. The van der Waals surface area contributed by atoms with Gasteiger partial charge in [-0.3, -0.25) is 4.99 Å². The van der Waals surface area contributed by atoms with Gasteiger partial charge < -0.3 is 20.6 Å². The number of H-pyrrole nitrogens is 1. The number of aryl methyl sites for hydroxylation is 1. The van der Waals surface area contributed by atoms with Crippen molar-refractivity contribution in [1.82, 2.24) is 10.3 Å². The summed E-state index contributed by atoms with van der Waals surface area (Å²) >= 11 is 7.39. The summed E-state index contributed by atoms with van der Waals surface area (Å²) < 4.78 is 0. The number of halogens is 1. The van der Waals surface area contributed by atoms with E-state index in [9.17, 15) is 0 Å². The van der Waals surface area contributed by atoms with Crippen molar-refractivity contribution in [3.63, 3.8) is 0 Å². The molecular formula is C48H50ClCuN8. The van der Waals surface area contributed by atoms with Crippen molar-refractivity contribution in [3.8, 4) is 0 Å². The van der Waals surface area contributed by atoms with E-state index in [2.05, 4.69) is 65.0 Å². The average molecular weight is 838 g/mol. The quantitative estimate of drug-likeness (QED) is 0.0555. The summed E-state index contributed by atoms with van der Waals surface area (Å²) in [7, 11) is 0. The SMILES string of the molecule is CCCCCCCCCCCCCCCCc1ccc2c3[nH]c(c2c1Cl)N=C1N=C(N=C2N[C-](N=C4N=C(N3)c3ccccc34)c3ccccc32)c2ccccc21.[Cu+]. The van der Waals surface area contributed by atoms with Gasteiger partial charge >= 0.3 is 17.1 Å². The molecule has 58 heavy (non-hydrogen) atoms. The van der Waals surface area contributed by atoms with Crippen molar-refractivity contribution in [2.24, 2.45) is 25.0 Å². The van der Waals surface area contributed by atoms with Crippen LogP contribution in [0.2, 0.25) is 5.02 Å². The number of aliphatic imine (C=N–C) groups is 5. The summed E-state index contributed by atoms with van der Waals surface area (Å²) in [6, 6.07) is 28.8. The van der Waals surface area contributed by atoms with Crippen molar-refractivity contribution >= 4 is 63.2 Å². The zero-order valence-electron chi connectivity index (χ0n) is 33.1. The molecule has 0 saturated carbocycles. The molecule has 4 aliphatic rings. The van der Waals surface area contributed by atoms with Gasteiger partial charge in [0.15, 0.2) is 11.7 Å². The maximum absolute atomic E-state index is 7.39. The summed E-state index contributed by atoms with van der Waals surface area (Å²) in [5.41, 5.74) is 6.81. The molecule has 0 saturated heterocycles. The van der Waals surface area contributed by atoms with Crippen LogP contribution in [0.1, 0.15) is 136 Å². The van der Waals surface area contributed by atoms with E-state index in [0.29, 0.717) is 41.2 Å². The van der Waals surface area contributed by atoms with E-state index < -0.39 is 0 Å². The van der Waals surface area contributed by atoms with Crippen LogP contribution in [0.25, 0.3) is 10.8 Å². The first kappa shape index (κ1) is 39.9. The van der Waals surface area contributed by atoms with Gasteiger partial charge in [0.05, 0.1) is 16.7 Å². The molecule has 1 aromatic heterocycles. The number of anilines is 1. The average Bonchev–Trinajstić information content (AvgIpc) is 3.97. The third-order valence-corrected chi connectivity index (χ3v) is 12.0. The Kier molecular flexibility index (Phi) is 12.6. The fraction of sp³-hybridized carbons (Fsp3) is 0.333.